The molecule has 1 N–H and O–H groups in total. The Morgan fingerprint density at radius 3 is 2.61 bits per heavy atom. The molecule has 31 heavy (non-hydrogen) atoms. The number of aryl methyl sites for hydroxylation is 3. The highest BCUT2D eigenvalue weighted by Crippen LogP contribution is 2.33. The highest BCUT2D eigenvalue weighted by molar-refractivity contribution is 5.52. The summed E-state index contributed by atoms with van der Waals surface area (Å²) in [5.74, 6) is 1.66. The fourth-order valence-corrected chi connectivity index (χ4v) is 4.50. The molecule has 6 heteroatoms. The minimum Gasteiger partial charge on any atom is -0.325 e. The number of nitrogens with zero attached hydrogens (tertiary/aromatic N) is 5. The van der Waals surface area contributed by atoms with Crippen molar-refractivity contribution in [3.63, 3.8) is 0 Å². The third-order valence-electron chi connectivity index (χ3n) is 6.05. The second kappa shape index (κ2) is 8.12. The molecule has 5 rings (SSSR count). The average Bonchev–Trinajstić information content (AvgIpc) is 3.32. The van der Waals surface area contributed by atoms with E-state index in [9.17, 15) is 0 Å². The van der Waals surface area contributed by atoms with Gasteiger partial charge in [0.2, 0.25) is 0 Å². The zero-order valence-electron chi connectivity index (χ0n) is 18.3. The first kappa shape index (κ1) is 19.7. The fraction of sp³-hybridized carbons (Fsp3) is 0.320. The summed E-state index contributed by atoms with van der Waals surface area (Å²) in [6, 6.07) is 16.8. The normalized spacial score (nSPS) is 16.8. The predicted molar refractivity (Wildman–Crippen MR) is 124 cm³/mol. The Morgan fingerprint density at radius 1 is 0.968 bits per heavy atom. The van der Waals surface area contributed by atoms with Crippen molar-refractivity contribution in [2.45, 2.75) is 46.2 Å². The van der Waals surface area contributed by atoms with Crippen LogP contribution in [0.2, 0.25) is 0 Å². The number of hydrogen-bond donors (Lipinski definition) is 1. The van der Waals surface area contributed by atoms with Crippen LogP contribution >= 0.6 is 0 Å². The summed E-state index contributed by atoms with van der Waals surface area (Å²) in [7, 11) is 0. The van der Waals surface area contributed by atoms with Crippen LogP contribution in [-0.2, 0) is 6.54 Å². The lowest BCUT2D eigenvalue weighted by Gasteiger charge is -2.24. The standard InChI is InChI=1S/C25H28N6/c1-17-12-14-31-22(19(3)27-25(31)15-17)16-30-13-6-9-21(30)20-8-5-11-24(28-20)29-23-10-4-7-18(2)26-23/h4-5,7-8,10-12,14-15,21H,6,9,13,16H2,1-3H3,(H,26,28,29)/t21-/m1/s1. The molecule has 4 aromatic rings. The third-order valence-corrected chi connectivity index (χ3v) is 6.05. The van der Waals surface area contributed by atoms with Gasteiger partial charge in [0.25, 0.3) is 0 Å². The molecule has 0 unspecified atom stereocenters. The molecule has 0 aromatic carbocycles. The number of anilines is 2. The molecule has 1 aliphatic rings. The Kier molecular flexibility index (Phi) is 5.16. The molecule has 1 aliphatic heterocycles. The van der Waals surface area contributed by atoms with E-state index in [0.717, 1.165) is 53.9 Å². The Bertz CT molecular complexity index is 1230. The number of hydrogen-bond acceptors (Lipinski definition) is 5. The second-order valence-electron chi connectivity index (χ2n) is 8.44. The first-order valence-electron chi connectivity index (χ1n) is 10.9. The molecule has 0 radical (unpaired) electrons. The summed E-state index contributed by atoms with van der Waals surface area (Å²) in [4.78, 5) is 16.8. The van der Waals surface area contributed by atoms with Gasteiger partial charge >= 0.3 is 0 Å². The molecule has 158 valence electrons. The van der Waals surface area contributed by atoms with Gasteiger partial charge in [-0.2, -0.15) is 0 Å². The van der Waals surface area contributed by atoms with Crippen LogP contribution < -0.4 is 5.32 Å². The Balaban J connectivity index is 1.39. The topological polar surface area (TPSA) is 58.4 Å². The van der Waals surface area contributed by atoms with Crippen LogP contribution in [-0.4, -0.2) is 30.8 Å². The molecule has 4 aromatic heterocycles. The minimum absolute atomic E-state index is 0.308. The minimum atomic E-state index is 0.308. The quantitative estimate of drug-likeness (QED) is 0.492. The van der Waals surface area contributed by atoms with Crippen LogP contribution in [0.5, 0.6) is 0 Å². The molecule has 6 nitrogen and oxygen atoms in total. The molecule has 1 atom stereocenters. The van der Waals surface area contributed by atoms with Crippen LogP contribution in [0.3, 0.4) is 0 Å². The lowest BCUT2D eigenvalue weighted by Crippen LogP contribution is -2.24. The maximum absolute atomic E-state index is 4.94. The van der Waals surface area contributed by atoms with Gasteiger partial charge in [-0.05, 0) is 82.1 Å². The van der Waals surface area contributed by atoms with Gasteiger partial charge < -0.3 is 9.72 Å². The van der Waals surface area contributed by atoms with Gasteiger partial charge in [-0.25, -0.2) is 15.0 Å². The SMILES string of the molecule is Cc1ccn2c(CN3CCC[C@@H]3c3cccc(Nc4cccc(C)n4)n3)c(C)nc2c1. The molecule has 1 saturated heterocycles. The van der Waals surface area contributed by atoms with Gasteiger partial charge in [0.05, 0.1) is 23.1 Å². The summed E-state index contributed by atoms with van der Waals surface area (Å²) in [5, 5.41) is 3.35. The lowest BCUT2D eigenvalue weighted by molar-refractivity contribution is 0.240. The summed E-state index contributed by atoms with van der Waals surface area (Å²) in [5.41, 5.74) is 6.72. The molecular weight excluding hydrogens is 384 g/mol. The van der Waals surface area contributed by atoms with E-state index in [1.165, 1.54) is 17.7 Å². The summed E-state index contributed by atoms with van der Waals surface area (Å²) < 4.78 is 2.23. The maximum atomic E-state index is 4.94. The van der Waals surface area contributed by atoms with E-state index in [4.69, 9.17) is 9.97 Å². The van der Waals surface area contributed by atoms with Crippen LogP contribution in [0.15, 0.2) is 54.7 Å². The van der Waals surface area contributed by atoms with Crippen molar-refractivity contribution in [1.82, 2.24) is 24.3 Å². The van der Waals surface area contributed by atoms with E-state index < -0.39 is 0 Å². The Labute approximate surface area is 183 Å². The van der Waals surface area contributed by atoms with E-state index in [1.807, 2.05) is 31.2 Å². The molecule has 1 fully saturated rings. The molecular formula is C25H28N6. The van der Waals surface area contributed by atoms with Crippen LogP contribution in [0.4, 0.5) is 11.6 Å². The van der Waals surface area contributed by atoms with Gasteiger partial charge in [0.15, 0.2) is 0 Å². The second-order valence-corrected chi connectivity index (χ2v) is 8.44. The molecule has 0 saturated carbocycles. The molecule has 0 spiro atoms. The highest BCUT2D eigenvalue weighted by atomic mass is 15.2. The first-order chi connectivity index (χ1) is 15.1. The van der Waals surface area contributed by atoms with Gasteiger partial charge in [-0.3, -0.25) is 4.90 Å². The third kappa shape index (κ3) is 4.03. The summed E-state index contributed by atoms with van der Waals surface area (Å²) >= 11 is 0. The van der Waals surface area contributed by atoms with Crippen LogP contribution in [0, 0.1) is 20.8 Å². The number of rotatable bonds is 5. The predicted octanol–water partition coefficient (Wildman–Crippen LogP) is 5.13. The molecule has 0 aliphatic carbocycles. The summed E-state index contributed by atoms with van der Waals surface area (Å²) in [6.45, 7) is 8.16. The van der Waals surface area contributed by atoms with Crippen LogP contribution in [0.1, 0.15) is 47.2 Å². The molecule has 0 amide bonds. The summed E-state index contributed by atoms with van der Waals surface area (Å²) in [6.07, 6.45) is 4.44. The maximum Gasteiger partial charge on any atom is 0.137 e. The number of imidazole rings is 1. The number of aromatic nitrogens is 4. The van der Waals surface area contributed by atoms with Crippen molar-refractivity contribution in [2.24, 2.45) is 0 Å². The van der Waals surface area contributed by atoms with E-state index in [2.05, 4.69) is 63.9 Å². The van der Waals surface area contributed by atoms with Crippen molar-refractivity contribution in [2.75, 3.05) is 11.9 Å². The first-order valence-corrected chi connectivity index (χ1v) is 10.9. The number of nitrogens with one attached hydrogen (secondary N) is 1. The monoisotopic (exact) mass is 412 g/mol. The highest BCUT2D eigenvalue weighted by Gasteiger charge is 2.28. The zero-order chi connectivity index (χ0) is 21.4. The van der Waals surface area contributed by atoms with Crippen LogP contribution in [0.25, 0.3) is 5.65 Å². The van der Waals surface area contributed by atoms with Gasteiger partial charge in [0.1, 0.15) is 17.3 Å². The largest absolute Gasteiger partial charge is 0.325 e. The number of likely N-dealkylation sites (tertiary alicyclic amines) is 1. The number of fused-ring (bicyclic) bond motifs is 1. The van der Waals surface area contributed by atoms with E-state index in [0.29, 0.717) is 6.04 Å². The smallest absolute Gasteiger partial charge is 0.137 e. The van der Waals surface area contributed by atoms with Gasteiger partial charge in [-0.1, -0.05) is 12.1 Å². The van der Waals surface area contributed by atoms with Crippen molar-refractivity contribution in [3.8, 4) is 0 Å². The number of pyridine rings is 3. The average molecular weight is 413 g/mol. The fourth-order valence-electron chi connectivity index (χ4n) is 4.50. The van der Waals surface area contributed by atoms with Crippen molar-refractivity contribution < 1.29 is 0 Å². The van der Waals surface area contributed by atoms with E-state index in [1.54, 1.807) is 0 Å². The Hall–Kier alpha value is -3.25. The van der Waals surface area contributed by atoms with E-state index >= 15 is 0 Å². The zero-order valence-corrected chi connectivity index (χ0v) is 18.3. The molecule has 5 heterocycles. The van der Waals surface area contributed by atoms with Gasteiger partial charge in [0, 0.05) is 18.4 Å². The van der Waals surface area contributed by atoms with Crippen molar-refractivity contribution in [1.29, 1.82) is 0 Å². The van der Waals surface area contributed by atoms with Crippen molar-refractivity contribution >= 4 is 17.3 Å². The Morgan fingerprint density at radius 2 is 1.77 bits per heavy atom. The van der Waals surface area contributed by atoms with E-state index in [-0.39, 0.29) is 0 Å². The lowest BCUT2D eigenvalue weighted by atomic mass is 10.1. The van der Waals surface area contributed by atoms with Crippen molar-refractivity contribution in [3.05, 3.63) is 83.1 Å². The van der Waals surface area contributed by atoms with Gasteiger partial charge in [-0.15, -0.1) is 0 Å². The molecule has 0 bridgehead atoms.